The molecule has 0 spiro atoms. The van der Waals surface area contributed by atoms with E-state index in [0.29, 0.717) is 49.2 Å². The Morgan fingerprint density at radius 1 is 1.00 bits per heavy atom. The third-order valence-electron chi connectivity index (χ3n) is 10.4. The Bertz CT molecular complexity index is 2180. The number of piperidine rings is 1. The molecule has 0 bridgehead atoms. The normalized spacial score (nSPS) is 18.4. The summed E-state index contributed by atoms with van der Waals surface area (Å²) in [5.74, 6) is 1.35. The number of hydroxylamine groups is 1. The van der Waals surface area contributed by atoms with E-state index in [1.54, 1.807) is 6.07 Å². The maximum absolute atomic E-state index is 15.6. The van der Waals surface area contributed by atoms with Gasteiger partial charge < -0.3 is 29.4 Å². The summed E-state index contributed by atoms with van der Waals surface area (Å²) in [6, 6.07) is 16.8. The molecule has 2 amide bonds. The minimum Gasteiger partial charge on any atom is -0.492 e. The fourth-order valence-corrected chi connectivity index (χ4v) is 7.31. The standard InChI is InChI=1S/C41H50FN9O5/c1-27-11-9-10-20-48(27)39-45-44-37-19-15-29(25-49(37)39)56-35-18-17-33(30-12-7-8-13-31(30)35)43-40(53)51(55-26-52)38-24-36(41(2,3)4)46-50(38)34-23-28(14-16-32(34)42)54-22-21-47(5)6/h7-8,12-16,19,23-27,33,35H,9-11,17-18,20-22H2,1-6H3,(H,43,53)/t27-,33-,35+/m0/s1. The van der Waals surface area contributed by atoms with Crippen molar-refractivity contribution in [3.05, 3.63) is 89.5 Å². The molecule has 56 heavy (non-hydrogen) atoms. The lowest BCUT2D eigenvalue weighted by Crippen LogP contribution is -2.43. The zero-order valence-corrected chi connectivity index (χ0v) is 32.8. The summed E-state index contributed by atoms with van der Waals surface area (Å²) in [4.78, 5) is 35.7. The lowest BCUT2D eigenvalue weighted by molar-refractivity contribution is -0.129. The van der Waals surface area contributed by atoms with Crippen molar-refractivity contribution in [2.75, 3.05) is 43.8 Å². The molecule has 5 aromatic rings. The first-order chi connectivity index (χ1) is 26.9. The molecular weight excluding hydrogens is 718 g/mol. The lowest BCUT2D eigenvalue weighted by atomic mass is 9.85. The molecule has 1 N–H and O–H groups in total. The van der Waals surface area contributed by atoms with Crippen LogP contribution < -0.4 is 24.8 Å². The van der Waals surface area contributed by atoms with Crippen molar-refractivity contribution in [1.29, 1.82) is 0 Å². The van der Waals surface area contributed by atoms with Gasteiger partial charge in [-0.25, -0.2) is 13.9 Å². The van der Waals surface area contributed by atoms with Crippen LogP contribution in [0.2, 0.25) is 0 Å². The third kappa shape index (κ3) is 8.13. The van der Waals surface area contributed by atoms with Crippen LogP contribution in [0.15, 0.2) is 66.9 Å². The van der Waals surface area contributed by atoms with Crippen molar-refractivity contribution in [1.82, 2.24) is 34.6 Å². The topological polar surface area (TPSA) is 132 Å². The zero-order chi connectivity index (χ0) is 39.6. The number of likely N-dealkylation sites (N-methyl/N-ethyl adjacent to an activating group) is 1. The molecule has 2 aliphatic rings. The number of urea groups is 1. The average molecular weight is 768 g/mol. The van der Waals surface area contributed by atoms with Gasteiger partial charge in [0.25, 0.3) is 0 Å². The molecule has 1 saturated heterocycles. The molecule has 1 aliphatic carbocycles. The van der Waals surface area contributed by atoms with Gasteiger partial charge in [-0.1, -0.05) is 45.0 Å². The second kappa shape index (κ2) is 16.2. The molecule has 1 fully saturated rings. The second-order valence-electron chi connectivity index (χ2n) is 15.8. The number of nitrogens with one attached hydrogen (secondary N) is 1. The molecule has 4 heterocycles. The van der Waals surface area contributed by atoms with E-state index in [0.717, 1.165) is 47.2 Å². The molecule has 2 aromatic carbocycles. The first-order valence-electron chi connectivity index (χ1n) is 19.2. The molecule has 15 heteroatoms. The summed E-state index contributed by atoms with van der Waals surface area (Å²) in [6.07, 6.45) is 6.21. The Hall–Kier alpha value is -5.70. The van der Waals surface area contributed by atoms with Gasteiger partial charge in [-0.15, -0.1) is 15.3 Å². The molecule has 1 aliphatic heterocycles. The zero-order valence-electron chi connectivity index (χ0n) is 32.8. The summed E-state index contributed by atoms with van der Waals surface area (Å²) in [5, 5.41) is 17.5. The highest BCUT2D eigenvalue weighted by Gasteiger charge is 2.34. The molecule has 14 nitrogen and oxygen atoms in total. The summed E-state index contributed by atoms with van der Waals surface area (Å²) < 4.78 is 31.4. The minimum absolute atomic E-state index is 0.0235. The number of amides is 2. The van der Waals surface area contributed by atoms with Gasteiger partial charge in [0, 0.05) is 36.7 Å². The minimum atomic E-state index is -0.728. The van der Waals surface area contributed by atoms with Crippen LogP contribution in [0.3, 0.4) is 0 Å². The van der Waals surface area contributed by atoms with Gasteiger partial charge in [0.05, 0.1) is 17.9 Å². The van der Waals surface area contributed by atoms with Crippen LogP contribution in [-0.4, -0.2) is 81.6 Å². The van der Waals surface area contributed by atoms with E-state index in [-0.39, 0.29) is 24.1 Å². The number of benzene rings is 2. The maximum Gasteiger partial charge on any atom is 0.357 e. The van der Waals surface area contributed by atoms with E-state index < -0.39 is 23.3 Å². The van der Waals surface area contributed by atoms with Crippen LogP contribution in [0.5, 0.6) is 11.5 Å². The van der Waals surface area contributed by atoms with Crippen LogP contribution >= 0.6 is 0 Å². The fourth-order valence-electron chi connectivity index (χ4n) is 7.31. The average Bonchev–Trinajstić information content (AvgIpc) is 3.81. The lowest BCUT2D eigenvalue weighted by Gasteiger charge is -2.34. The number of aromatic nitrogens is 5. The van der Waals surface area contributed by atoms with E-state index in [1.165, 1.54) is 29.3 Å². The Labute approximate surface area is 326 Å². The van der Waals surface area contributed by atoms with E-state index in [4.69, 9.17) is 19.4 Å². The number of halogens is 1. The maximum atomic E-state index is 15.6. The predicted molar refractivity (Wildman–Crippen MR) is 210 cm³/mol. The Kier molecular flexibility index (Phi) is 11.1. The van der Waals surface area contributed by atoms with E-state index in [9.17, 15) is 9.59 Å². The quantitative estimate of drug-likeness (QED) is 0.105. The first-order valence-corrected chi connectivity index (χ1v) is 19.2. The van der Waals surface area contributed by atoms with Crippen LogP contribution in [0.25, 0.3) is 11.3 Å². The van der Waals surface area contributed by atoms with Crippen molar-refractivity contribution >= 4 is 29.9 Å². The number of hydrogen-bond acceptors (Lipinski definition) is 10. The van der Waals surface area contributed by atoms with E-state index in [1.807, 2.05) is 86.8 Å². The fraction of sp³-hybridized carbons (Fsp3) is 0.439. The van der Waals surface area contributed by atoms with Gasteiger partial charge in [0.15, 0.2) is 11.5 Å². The van der Waals surface area contributed by atoms with Gasteiger partial charge >= 0.3 is 12.5 Å². The molecule has 7 rings (SSSR count). The number of rotatable bonds is 12. The van der Waals surface area contributed by atoms with Crippen LogP contribution in [0.1, 0.15) is 88.8 Å². The van der Waals surface area contributed by atoms with Gasteiger partial charge in [0.1, 0.15) is 35.7 Å². The number of nitrogens with zero attached hydrogens (tertiary/aromatic N) is 8. The van der Waals surface area contributed by atoms with Gasteiger partial charge in [-0.3, -0.25) is 9.20 Å². The number of pyridine rings is 1. The number of carbonyl (C=O) groups is 2. The SMILES string of the molecule is C[C@H]1CCCCN1c1nnc2ccc(O[C@@H]3CC[C@H](NC(=O)N(OC=O)c4cc(C(C)(C)C)nn4-c4cc(OCCN(C)C)ccc4F)c4ccccc43)cn12. The monoisotopic (exact) mass is 767 g/mol. The number of fused-ring (bicyclic) bond motifs is 2. The molecule has 3 aromatic heterocycles. The van der Waals surface area contributed by atoms with Gasteiger partial charge in [-0.05, 0) is 88.5 Å². The molecule has 0 unspecified atom stereocenters. The smallest absolute Gasteiger partial charge is 0.357 e. The first kappa shape index (κ1) is 38.6. The molecule has 3 atom stereocenters. The molecule has 0 radical (unpaired) electrons. The predicted octanol–water partition coefficient (Wildman–Crippen LogP) is 6.93. The van der Waals surface area contributed by atoms with Crippen LogP contribution in [0.4, 0.5) is 21.0 Å². The summed E-state index contributed by atoms with van der Waals surface area (Å²) in [6.45, 7) is 10.2. The van der Waals surface area contributed by atoms with Crippen molar-refractivity contribution in [3.8, 4) is 17.2 Å². The van der Waals surface area contributed by atoms with Crippen molar-refractivity contribution in [2.45, 2.75) is 83.4 Å². The second-order valence-corrected chi connectivity index (χ2v) is 15.8. The highest BCUT2D eigenvalue weighted by molar-refractivity contribution is 5.90. The molecule has 296 valence electrons. The van der Waals surface area contributed by atoms with Crippen LogP contribution in [0, 0.1) is 5.82 Å². The largest absolute Gasteiger partial charge is 0.492 e. The number of anilines is 2. The van der Waals surface area contributed by atoms with E-state index in [2.05, 4.69) is 27.3 Å². The van der Waals surface area contributed by atoms with Gasteiger partial charge in [0.2, 0.25) is 5.95 Å². The number of ether oxygens (including phenoxy) is 2. The number of hydrogen-bond donors (Lipinski definition) is 1. The summed E-state index contributed by atoms with van der Waals surface area (Å²) >= 11 is 0. The van der Waals surface area contributed by atoms with E-state index >= 15 is 4.39 Å². The van der Waals surface area contributed by atoms with Crippen molar-refractivity contribution in [2.24, 2.45) is 0 Å². The van der Waals surface area contributed by atoms with Crippen molar-refractivity contribution in [3.63, 3.8) is 0 Å². The Morgan fingerprint density at radius 2 is 1.79 bits per heavy atom. The van der Waals surface area contributed by atoms with Gasteiger partial charge in [-0.2, -0.15) is 5.10 Å². The highest BCUT2D eigenvalue weighted by atomic mass is 19.1. The third-order valence-corrected chi connectivity index (χ3v) is 10.4. The van der Waals surface area contributed by atoms with Crippen molar-refractivity contribution < 1.29 is 28.3 Å². The summed E-state index contributed by atoms with van der Waals surface area (Å²) in [7, 11) is 3.86. The Balaban J connectivity index is 1.14. The van der Waals surface area contributed by atoms with Crippen LogP contribution in [-0.2, 0) is 15.0 Å². The highest BCUT2D eigenvalue weighted by Crippen LogP contribution is 2.40. The number of carbonyl (C=O) groups excluding carboxylic acids is 2. The molecular formula is C41H50FN9O5. The molecule has 0 saturated carbocycles. The Morgan fingerprint density at radius 3 is 2.54 bits per heavy atom. The summed E-state index contributed by atoms with van der Waals surface area (Å²) in [5.41, 5.74) is 2.61.